The van der Waals surface area contributed by atoms with Crippen molar-refractivity contribution in [2.45, 2.75) is 65.2 Å². The van der Waals surface area contributed by atoms with Crippen LogP contribution in [0.15, 0.2) is 66.7 Å². The normalized spacial score (nSPS) is 10.6. The lowest BCUT2D eigenvalue weighted by Crippen LogP contribution is -2.18. The van der Waals surface area contributed by atoms with Gasteiger partial charge < -0.3 is 20.1 Å². The molecular weight excluding hydrogens is 478 g/mol. The van der Waals surface area contributed by atoms with E-state index in [4.69, 9.17) is 9.47 Å². The van der Waals surface area contributed by atoms with Crippen LogP contribution in [-0.4, -0.2) is 30.0 Å². The summed E-state index contributed by atoms with van der Waals surface area (Å²) in [6.07, 6.45) is 9.20. The van der Waals surface area contributed by atoms with Crippen LogP contribution in [0.2, 0.25) is 0 Å². The number of hydrogen-bond acceptors (Lipinski definition) is 5. The molecule has 7 nitrogen and oxygen atoms in total. The summed E-state index contributed by atoms with van der Waals surface area (Å²) in [6.45, 7) is 5.73. The lowest BCUT2D eigenvalue weighted by atomic mass is 10.2. The number of ether oxygens (including phenoxy) is 2. The van der Waals surface area contributed by atoms with Crippen LogP contribution in [0.3, 0.4) is 0 Å². The fourth-order valence-corrected chi connectivity index (χ4v) is 3.78. The molecule has 0 aliphatic rings. The zero-order valence-electron chi connectivity index (χ0n) is 22.5. The van der Waals surface area contributed by atoms with Gasteiger partial charge in [0.1, 0.15) is 22.9 Å². The number of aromatic nitrogens is 1. The van der Waals surface area contributed by atoms with Gasteiger partial charge in [-0.25, -0.2) is 4.98 Å². The van der Waals surface area contributed by atoms with Gasteiger partial charge in [-0.15, -0.1) is 0 Å². The highest BCUT2D eigenvalue weighted by molar-refractivity contribution is 6.06. The topological polar surface area (TPSA) is 89.5 Å². The minimum Gasteiger partial charge on any atom is -0.494 e. The zero-order valence-corrected chi connectivity index (χ0v) is 22.5. The Kier molecular flexibility index (Phi) is 12.1. The first-order valence-corrected chi connectivity index (χ1v) is 13.6. The van der Waals surface area contributed by atoms with Crippen LogP contribution in [0.5, 0.6) is 11.5 Å². The number of amides is 2. The van der Waals surface area contributed by atoms with Gasteiger partial charge in [-0.3, -0.25) is 9.59 Å². The number of carbonyl (C=O) groups excluding carboxylic acids is 2. The summed E-state index contributed by atoms with van der Waals surface area (Å²) in [5.74, 6) is 0.743. The zero-order chi connectivity index (χ0) is 27.0. The van der Waals surface area contributed by atoms with Crippen molar-refractivity contribution in [1.29, 1.82) is 0 Å². The van der Waals surface area contributed by atoms with E-state index in [1.54, 1.807) is 42.5 Å². The molecule has 2 aromatic carbocycles. The van der Waals surface area contributed by atoms with Gasteiger partial charge in [0.2, 0.25) is 0 Å². The second kappa shape index (κ2) is 16.1. The number of rotatable bonds is 16. The SMILES string of the molecule is CCCCCCOc1ccc(NC(=O)c2cccc(C(=O)Nc3ccc(OCCCCCC)cc3)n2)cc1. The molecule has 0 radical (unpaired) electrons. The van der Waals surface area contributed by atoms with Gasteiger partial charge in [0.05, 0.1) is 13.2 Å². The van der Waals surface area contributed by atoms with Crippen LogP contribution in [0.25, 0.3) is 0 Å². The van der Waals surface area contributed by atoms with Crippen molar-refractivity contribution in [3.05, 3.63) is 78.1 Å². The van der Waals surface area contributed by atoms with Crippen LogP contribution in [0, 0.1) is 0 Å². The number of pyridine rings is 1. The monoisotopic (exact) mass is 517 g/mol. The molecule has 0 atom stereocenters. The lowest BCUT2D eigenvalue weighted by Gasteiger charge is -2.10. The first kappa shape index (κ1) is 28.7. The van der Waals surface area contributed by atoms with Crippen molar-refractivity contribution in [3.63, 3.8) is 0 Å². The summed E-state index contributed by atoms with van der Waals surface area (Å²) in [4.78, 5) is 29.7. The minimum absolute atomic E-state index is 0.153. The highest BCUT2D eigenvalue weighted by atomic mass is 16.5. The number of nitrogens with zero attached hydrogens (tertiary/aromatic N) is 1. The fourth-order valence-electron chi connectivity index (χ4n) is 3.78. The van der Waals surface area contributed by atoms with Gasteiger partial charge >= 0.3 is 0 Å². The Hall–Kier alpha value is -3.87. The van der Waals surface area contributed by atoms with Crippen LogP contribution < -0.4 is 20.1 Å². The van der Waals surface area contributed by atoms with E-state index in [1.165, 1.54) is 25.7 Å². The molecule has 0 saturated heterocycles. The smallest absolute Gasteiger partial charge is 0.274 e. The van der Waals surface area contributed by atoms with Crippen LogP contribution in [0.1, 0.15) is 86.2 Å². The van der Waals surface area contributed by atoms with E-state index in [0.717, 1.165) is 37.2 Å². The van der Waals surface area contributed by atoms with Gasteiger partial charge in [0.25, 0.3) is 11.8 Å². The Bertz CT molecular complexity index is 1040. The van der Waals surface area contributed by atoms with E-state index >= 15 is 0 Å². The quantitative estimate of drug-likeness (QED) is 0.192. The van der Waals surface area contributed by atoms with Crippen LogP contribution in [0.4, 0.5) is 11.4 Å². The predicted octanol–water partition coefficient (Wildman–Crippen LogP) is 7.50. The average molecular weight is 518 g/mol. The Labute approximate surface area is 226 Å². The van der Waals surface area contributed by atoms with Gasteiger partial charge in [-0.2, -0.15) is 0 Å². The van der Waals surface area contributed by atoms with Crippen LogP contribution >= 0.6 is 0 Å². The van der Waals surface area contributed by atoms with Crippen molar-refractivity contribution in [2.24, 2.45) is 0 Å². The molecule has 38 heavy (non-hydrogen) atoms. The van der Waals surface area contributed by atoms with Gasteiger partial charge in [0, 0.05) is 11.4 Å². The van der Waals surface area contributed by atoms with E-state index in [1.807, 2.05) is 24.3 Å². The highest BCUT2D eigenvalue weighted by Crippen LogP contribution is 2.19. The third-order valence-electron chi connectivity index (χ3n) is 5.97. The van der Waals surface area contributed by atoms with Crippen molar-refractivity contribution in [1.82, 2.24) is 4.98 Å². The minimum atomic E-state index is -0.395. The molecule has 0 aliphatic carbocycles. The fraction of sp³-hybridized carbons (Fsp3) is 0.387. The molecule has 0 bridgehead atoms. The third-order valence-corrected chi connectivity index (χ3v) is 5.97. The summed E-state index contributed by atoms with van der Waals surface area (Å²) >= 11 is 0. The van der Waals surface area contributed by atoms with E-state index in [9.17, 15) is 9.59 Å². The van der Waals surface area contributed by atoms with E-state index in [0.29, 0.717) is 24.6 Å². The molecule has 0 aliphatic heterocycles. The summed E-state index contributed by atoms with van der Waals surface area (Å²) in [5.41, 5.74) is 1.55. The number of nitrogens with one attached hydrogen (secondary N) is 2. The van der Waals surface area contributed by atoms with E-state index in [-0.39, 0.29) is 11.4 Å². The largest absolute Gasteiger partial charge is 0.494 e. The van der Waals surface area contributed by atoms with Crippen molar-refractivity contribution < 1.29 is 19.1 Å². The molecule has 0 unspecified atom stereocenters. The molecule has 2 amide bonds. The predicted molar refractivity (Wildman–Crippen MR) is 152 cm³/mol. The summed E-state index contributed by atoms with van der Waals surface area (Å²) < 4.78 is 11.5. The molecule has 0 saturated carbocycles. The average Bonchev–Trinajstić information content (AvgIpc) is 2.94. The first-order chi connectivity index (χ1) is 18.6. The van der Waals surface area contributed by atoms with Crippen LogP contribution in [-0.2, 0) is 0 Å². The Morgan fingerprint density at radius 2 is 1.03 bits per heavy atom. The summed E-state index contributed by atoms with van der Waals surface area (Å²) in [5, 5.41) is 5.63. The second-order valence-electron chi connectivity index (χ2n) is 9.18. The third kappa shape index (κ3) is 9.88. The molecule has 7 heteroatoms. The molecule has 1 aromatic heterocycles. The van der Waals surface area contributed by atoms with Gasteiger partial charge in [-0.1, -0.05) is 58.4 Å². The Balaban J connectivity index is 1.49. The highest BCUT2D eigenvalue weighted by Gasteiger charge is 2.13. The molecule has 202 valence electrons. The molecular formula is C31H39N3O4. The Morgan fingerprint density at radius 3 is 1.42 bits per heavy atom. The lowest BCUT2D eigenvalue weighted by molar-refractivity contribution is 0.101. The van der Waals surface area contributed by atoms with Gasteiger partial charge in [-0.05, 0) is 73.5 Å². The number of anilines is 2. The van der Waals surface area contributed by atoms with E-state index in [2.05, 4.69) is 29.5 Å². The summed E-state index contributed by atoms with van der Waals surface area (Å²) in [6, 6.07) is 19.3. The van der Waals surface area contributed by atoms with Gasteiger partial charge in [0.15, 0.2) is 0 Å². The maximum atomic E-state index is 12.7. The maximum absolute atomic E-state index is 12.7. The van der Waals surface area contributed by atoms with Crippen molar-refractivity contribution in [2.75, 3.05) is 23.8 Å². The number of carbonyl (C=O) groups is 2. The van der Waals surface area contributed by atoms with Crippen molar-refractivity contribution >= 4 is 23.2 Å². The maximum Gasteiger partial charge on any atom is 0.274 e. The molecule has 0 fully saturated rings. The first-order valence-electron chi connectivity index (χ1n) is 13.6. The standard InChI is InChI=1S/C31H39N3O4/c1-3-5-7-9-22-37-26-18-14-24(15-19-26)32-30(35)28-12-11-13-29(34-28)31(36)33-25-16-20-27(21-17-25)38-23-10-8-6-4-2/h11-21H,3-10,22-23H2,1-2H3,(H,32,35)(H,33,36). The number of unbranched alkanes of at least 4 members (excludes halogenated alkanes) is 6. The van der Waals surface area contributed by atoms with E-state index < -0.39 is 11.8 Å². The second-order valence-corrected chi connectivity index (χ2v) is 9.18. The molecule has 1 heterocycles. The Morgan fingerprint density at radius 1 is 0.605 bits per heavy atom. The molecule has 2 N–H and O–H groups in total. The summed E-state index contributed by atoms with van der Waals surface area (Å²) in [7, 11) is 0. The number of benzene rings is 2. The molecule has 0 spiro atoms. The van der Waals surface area contributed by atoms with Crippen molar-refractivity contribution in [3.8, 4) is 11.5 Å². The molecule has 3 aromatic rings. The molecule has 3 rings (SSSR count). The number of hydrogen-bond donors (Lipinski definition) is 2.